The Morgan fingerprint density at radius 2 is 0.500 bits per heavy atom. The van der Waals surface area contributed by atoms with Crippen molar-refractivity contribution in [3.05, 3.63) is 48.6 Å². The highest BCUT2D eigenvalue weighted by Crippen LogP contribution is 2.17. The van der Waals surface area contributed by atoms with Crippen molar-refractivity contribution in [1.29, 1.82) is 0 Å². The van der Waals surface area contributed by atoms with Crippen LogP contribution in [0.4, 0.5) is 0 Å². The maximum atomic E-state index is 12.9. The lowest BCUT2D eigenvalue weighted by Crippen LogP contribution is -2.30. The Kier molecular flexibility index (Phi) is 58.7. The number of carbonyl (C=O) groups is 3. The third-order valence-electron chi connectivity index (χ3n) is 14.1. The molecule has 0 aromatic rings. The van der Waals surface area contributed by atoms with Gasteiger partial charge in [-0.05, 0) is 83.5 Å². The van der Waals surface area contributed by atoms with Crippen molar-refractivity contribution in [2.24, 2.45) is 0 Å². The molecule has 0 aromatic heterocycles. The lowest BCUT2D eigenvalue weighted by Gasteiger charge is -2.18. The van der Waals surface area contributed by atoms with Gasteiger partial charge in [0.05, 0.1) is 0 Å². The first-order valence-electron chi connectivity index (χ1n) is 31.6. The first-order valence-corrected chi connectivity index (χ1v) is 31.6. The lowest BCUT2D eigenvalue weighted by atomic mass is 10.0. The molecule has 0 N–H and O–H groups in total. The molecule has 6 heteroatoms. The van der Waals surface area contributed by atoms with Crippen LogP contribution in [0.2, 0.25) is 0 Å². The number of esters is 3. The summed E-state index contributed by atoms with van der Waals surface area (Å²) in [4.78, 5) is 38.3. The molecule has 0 bridgehead atoms. The summed E-state index contributed by atoms with van der Waals surface area (Å²) in [7, 11) is 0. The van der Waals surface area contributed by atoms with Gasteiger partial charge < -0.3 is 14.2 Å². The van der Waals surface area contributed by atoms with E-state index in [0.717, 1.165) is 83.5 Å². The van der Waals surface area contributed by atoms with Crippen LogP contribution in [-0.2, 0) is 28.6 Å². The molecule has 0 saturated carbocycles. The SMILES string of the molecule is CCCCC/C=C\C/C=C\C/C=C\CCCCCCCCC(=O)OC[C@@H](COC(=O)CCCCCCC/C=C\CCCCCCCCC)OC(=O)CCCCCCCCCCCCCCCCCCCCC. The largest absolute Gasteiger partial charge is 0.462 e. The zero-order valence-corrected chi connectivity index (χ0v) is 48.2. The molecule has 0 aliphatic heterocycles. The van der Waals surface area contributed by atoms with Gasteiger partial charge in [0, 0.05) is 19.3 Å². The molecule has 420 valence electrons. The minimum Gasteiger partial charge on any atom is -0.462 e. The average molecular weight is 1010 g/mol. The summed E-state index contributed by atoms with van der Waals surface area (Å²) in [6.45, 7) is 6.64. The number of carbonyl (C=O) groups excluding carboxylic acids is 3. The molecule has 0 aliphatic rings. The van der Waals surface area contributed by atoms with E-state index in [9.17, 15) is 14.4 Å². The van der Waals surface area contributed by atoms with Crippen molar-refractivity contribution in [2.75, 3.05) is 13.2 Å². The molecule has 0 saturated heterocycles. The third-order valence-corrected chi connectivity index (χ3v) is 14.1. The molecule has 72 heavy (non-hydrogen) atoms. The Hall–Kier alpha value is -2.63. The summed E-state index contributed by atoms with van der Waals surface area (Å²) in [6.07, 6.45) is 75.3. The van der Waals surface area contributed by atoms with Crippen LogP contribution in [0.25, 0.3) is 0 Å². The van der Waals surface area contributed by atoms with E-state index in [0.29, 0.717) is 19.3 Å². The highest BCUT2D eigenvalue weighted by molar-refractivity contribution is 5.71. The van der Waals surface area contributed by atoms with Gasteiger partial charge in [-0.3, -0.25) is 14.4 Å². The van der Waals surface area contributed by atoms with Crippen molar-refractivity contribution in [2.45, 2.75) is 341 Å². The van der Waals surface area contributed by atoms with E-state index in [1.54, 1.807) is 0 Å². The molecule has 0 rings (SSSR count). The smallest absolute Gasteiger partial charge is 0.306 e. The molecule has 0 aliphatic carbocycles. The van der Waals surface area contributed by atoms with Crippen LogP contribution in [-0.4, -0.2) is 37.2 Å². The second kappa shape index (κ2) is 60.9. The first kappa shape index (κ1) is 69.4. The summed E-state index contributed by atoms with van der Waals surface area (Å²) in [6, 6.07) is 0. The second-order valence-corrected chi connectivity index (χ2v) is 21.3. The van der Waals surface area contributed by atoms with Gasteiger partial charge in [-0.15, -0.1) is 0 Å². The van der Waals surface area contributed by atoms with Gasteiger partial charge in [0.2, 0.25) is 0 Å². The van der Waals surface area contributed by atoms with Crippen molar-refractivity contribution < 1.29 is 28.6 Å². The minimum atomic E-state index is -0.781. The fourth-order valence-corrected chi connectivity index (χ4v) is 9.27. The van der Waals surface area contributed by atoms with Crippen LogP contribution in [0.15, 0.2) is 48.6 Å². The Morgan fingerprint density at radius 3 is 0.819 bits per heavy atom. The van der Waals surface area contributed by atoms with E-state index in [1.807, 2.05) is 0 Å². The maximum absolute atomic E-state index is 12.9. The molecular weight excluding hydrogens is 889 g/mol. The average Bonchev–Trinajstić information content (AvgIpc) is 3.38. The van der Waals surface area contributed by atoms with E-state index >= 15 is 0 Å². The fraction of sp³-hybridized carbons (Fsp3) is 0.833. The number of hydrogen-bond acceptors (Lipinski definition) is 6. The van der Waals surface area contributed by atoms with Gasteiger partial charge in [-0.2, -0.15) is 0 Å². The topological polar surface area (TPSA) is 78.9 Å². The molecule has 0 fully saturated rings. The molecule has 0 radical (unpaired) electrons. The van der Waals surface area contributed by atoms with Crippen molar-refractivity contribution >= 4 is 17.9 Å². The Bertz CT molecular complexity index is 1250. The van der Waals surface area contributed by atoms with Crippen LogP contribution in [0, 0.1) is 0 Å². The number of unbranched alkanes of at least 4 members (excludes halogenated alkanes) is 39. The maximum Gasteiger partial charge on any atom is 0.306 e. The van der Waals surface area contributed by atoms with Gasteiger partial charge in [0.1, 0.15) is 13.2 Å². The van der Waals surface area contributed by atoms with E-state index in [1.165, 1.54) is 212 Å². The molecule has 0 spiro atoms. The highest BCUT2D eigenvalue weighted by atomic mass is 16.6. The lowest BCUT2D eigenvalue weighted by molar-refractivity contribution is -0.167. The number of rotatable bonds is 58. The summed E-state index contributed by atoms with van der Waals surface area (Å²) in [5.74, 6) is -0.878. The first-order chi connectivity index (χ1) is 35.5. The highest BCUT2D eigenvalue weighted by Gasteiger charge is 2.19. The predicted molar refractivity (Wildman–Crippen MR) is 312 cm³/mol. The molecule has 6 nitrogen and oxygen atoms in total. The van der Waals surface area contributed by atoms with Crippen LogP contribution in [0.1, 0.15) is 335 Å². The Labute approximate surface area is 448 Å². The van der Waals surface area contributed by atoms with Gasteiger partial charge in [0.25, 0.3) is 0 Å². The van der Waals surface area contributed by atoms with E-state index in [2.05, 4.69) is 69.4 Å². The summed E-state index contributed by atoms with van der Waals surface area (Å²) in [5, 5.41) is 0. The number of hydrogen-bond donors (Lipinski definition) is 0. The summed E-state index contributed by atoms with van der Waals surface area (Å²) < 4.78 is 16.9. The van der Waals surface area contributed by atoms with Gasteiger partial charge in [-0.1, -0.05) is 281 Å². The summed E-state index contributed by atoms with van der Waals surface area (Å²) >= 11 is 0. The van der Waals surface area contributed by atoms with Crippen molar-refractivity contribution in [3.63, 3.8) is 0 Å². The standard InChI is InChI=1S/C66H120O6/c1-4-7-10-13-16-19-22-25-28-31-33-35-38-41-44-47-50-53-56-59-65(68)71-62-63(61-70-64(67)58-55-52-49-46-43-40-37-30-27-24-21-18-15-12-9-6-3)72-66(69)60-57-54-51-48-45-42-39-36-34-32-29-26-23-20-17-14-11-8-5-2/h16,19,25,28,30,33,35,37,63H,4-15,17-18,20-24,26-27,29,31-32,34,36,38-62H2,1-3H3/b19-16-,28-25-,35-33-,37-30-/t63-/m1/s1. The van der Waals surface area contributed by atoms with Gasteiger partial charge in [0.15, 0.2) is 6.10 Å². The van der Waals surface area contributed by atoms with Gasteiger partial charge in [-0.25, -0.2) is 0 Å². The second-order valence-electron chi connectivity index (χ2n) is 21.3. The van der Waals surface area contributed by atoms with E-state index in [4.69, 9.17) is 14.2 Å². The van der Waals surface area contributed by atoms with Crippen LogP contribution >= 0.6 is 0 Å². The van der Waals surface area contributed by atoms with Crippen molar-refractivity contribution in [1.82, 2.24) is 0 Å². The quantitative estimate of drug-likeness (QED) is 0.0261. The Balaban J connectivity index is 4.37. The molecule has 1 atom stereocenters. The van der Waals surface area contributed by atoms with Crippen molar-refractivity contribution in [3.8, 4) is 0 Å². The van der Waals surface area contributed by atoms with Crippen LogP contribution in [0.3, 0.4) is 0 Å². The van der Waals surface area contributed by atoms with E-state index in [-0.39, 0.29) is 31.1 Å². The van der Waals surface area contributed by atoms with Crippen LogP contribution in [0.5, 0.6) is 0 Å². The summed E-state index contributed by atoms with van der Waals surface area (Å²) in [5.41, 5.74) is 0. The minimum absolute atomic E-state index is 0.0784. The molecule has 0 heterocycles. The predicted octanol–water partition coefficient (Wildman–Crippen LogP) is 21.4. The zero-order valence-electron chi connectivity index (χ0n) is 48.2. The third kappa shape index (κ3) is 58.3. The Morgan fingerprint density at radius 1 is 0.278 bits per heavy atom. The van der Waals surface area contributed by atoms with Crippen LogP contribution < -0.4 is 0 Å². The molecule has 0 amide bonds. The van der Waals surface area contributed by atoms with E-state index < -0.39 is 6.10 Å². The van der Waals surface area contributed by atoms with Gasteiger partial charge >= 0.3 is 17.9 Å². The zero-order chi connectivity index (χ0) is 52.2. The fourth-order valence-electron chi connectivity index (χ4n) is 9.27. The molecule has 0 aromatic carbocycles. The molecule has 0 unspecified atom stereocenters. The normalized spacial score (nSPS) is 12.3. The monoisotopic (exact) mass is 1010 g/mol. The molecular formula is C66H120O6. The number of allylic oxidation sites excluding steroid dienone is 8. The number of ether oxygens (including phenoxy) is 3.